The van der Waals surface area contributed by atoms with Crippen molar-refractivity contribution in [1.82, 2.24) is 30.2 Å². The molecule has 0 saturated heterocycles. The highest BCUT2D eigenvalue weighted by molar-refractivity contribution is 5.98. The summed E-state index contributed by atoms with van der Waals surface area (Å²) in [5.41, 5.74) is 1.46. The van der Waals surface area contributed by atoms with E-state index in [1.807, 2.05) is 17.7 Å². The Morgan fingerprint density at radius 2 is 2.00 bits per heavy atom. The van der Waals surface area contributed by atoms with E-state index in [0.717, 1.165) is 36.7 Å². The van der Waals surface area contributed by atoms with Gasteiger partial charge >= 0.3 is 0 Å². The minimum Gasteiger partial charge on any atom is -0.340 e. The van der Waals surface area contributed by atoms with Crippen LogP contribution in [0.25, 0.3) is 11.0 Å². The van der Waals surface area contributed by atoms with Gasteiger partial charge in [-0.15, -0.1) is 0 Å². The molecule has 1 fully saturated rings. The minimum atomic E-state index is -0.571. The number of nitrogens with zero attached hydrogens (tertiary/aromatic N) is 5. The summed E-state index contributed by atoms with van der Waals surface area (Å²) in [6.07, 6.45) is 5.40. The molecule has 3 heterocycles. The highest BCUT2D eigenvalue weighted by atomic mass is 16.5. The molecule has 0 radical (unpaired) electrons. The van der Waals surface area contributed by atoms with E-state index in [4.69, 9.17) is 4.52 Å². The van der Waals surface area contributed by atoms with E-state index in [0.29, 0.717) is 23.0 Å². The SMILES string of the molecule is Cc1nc(C2(NC(=O)c3cc4cnn(C(C)C)c4nc3C)CCCC2)no1. The largest absolute Gasteiger partial charge is 0.340 e. The molecule has 1 N–H and O–H groups in total. The zero-order valence-electron chi connectivity index (χ0n) is 16.1. The van der Waals surface area contributed by atoms with Crippen LogP contribution < -0.4 is 5.32 Å². The van der Waals surface area contributed by atoms with Crippen molar-refractivity contribution in [2.75, 3.05) is 0 Å². The van der Waals surface area contributed by atoms with Crippen LogP contribution in [-0.4, -0.2) is 30.8 Å². The van der Waals surface area contributed by atoms with E-state index in [1.54, 1.807) is 13.1 Å². The fraction of sp³-hybridized carbons (Fsp3) is 0.526. The Labute approximate surface area is 157 Å². The predicted molar refractivity (Wildman–Crippen MR) is 99.3 cm³/mol. The lowest BCUT2D eigenvalue weighted by atomic mass is 9.95. The Bertz CT molecular complexity index is 997. The lowest BCUT2D eigenvalue weighted by molar-refractivity contribution is 0.0891. The number of carbonyl (C=O) groups is 1. The Morgan fingerprint density at radius 1 is 1.26 bits per heavy atom. The van der Waals surface area contributed by atoms with Crippen LogP contribution in [0.1, 0.15) is 73.3 Å². The van der Waals surface area contributed by atoms with Crippen LogP contribution >= 0.6 is 0 Å². The van der Waals surface area contributed by atoms with Gasteiger partial charge in [-0.25, -0.2) is 9.67 Å². The first-order valence-corrected chi connectivity index (χ1v) is 9.38. The number of fused-ring (bicyclic) bond motifs is 1. The molecule has 0 spiro atoms. The topological polar surface area (TPSA) is 98.7 Å². The number of aryl methyl sites for hydroxylation is 2. The first-order chi connectivity index (χ1) is 12.9. The van der Waals surface area contributed by atoms with E-state index >= 15 is 0 Å². The van der Waals surface area contributed by atoms with E-state index in [-0.39, 0.29) is 11.9 Å². The smallest absolute Gasteiger partial charge is 0.253 e. The number of nitrogens with one attached hydrogen (secondary N) is 1. The maximum Gasteiger partial charge on any atom is 0.253 e. The standard InChI is InChI=1S/C19H24N6O2/c1-11(2)25-16-14(10-20-25)9-15(12(3)21-16)17(26)23-19(7-5-6-8-19)18-22-13(4)27-24-18/h9-11H,5-8H2,1-4H3,(H,23,26). The zero-order chi connectivity index (χ0) is 19.2. The van der Waals surface area contributed by atoms with Gasteiger partial charge in [0.2, 0.25) is 5.89 Å². The lowest BCUT2D eigenvalue weighted by Crippen LogP contribution is -2.45. The van der Waals surface area contributed by atoms with Crippen molar-refractivity contribution in [3.05, 3.63) is 35.2 Å². The van der Waals surface area contributed by atoms with Crippen LogP contribution in [-0.2, 0) is 5.54 Å². The van der Waals surface area contributed by atoms with Crippen molar-refractivity contribution in [2.45, 2.75) is 65.0 Å². The molecule has 1 aliphatic rings. The second-order valence-corrected chi connectivity index (χ2v) is 7.60. The van der Waals surface area contributed by atoms with Gasteiger partial charge in [0.25, 0.3) is 5.91 Å². The Hall–Kier alpha value is -2.77. The van der Waals surface area contributed by atoms with Crippen molar-refractivity contribution >= 4 is 16.9 Å². The van der Waals surface area contributed by atoms with E-state index in [1.165, 1.54) is 0 Å². The van der Waals surface area contributed by atoms with Gasteiger partial charge < -0.3 is 9.84 Å². The fourth-order valence-corrected chi connectivity index (χ4v) is 3.83. The molecule has 142 valence electrons. The molecule has 8 heteroatoms. The number of rotatable bonds is 4. The molecule has 1 amide bonds. The second-order valence-electron chi connectivity index (χ2n) is 7.60. The number of carbonyl (C=O) groups excluding carboxylic acids is 1. The molecule has 1 saturated carbocycles. The van der Waals surface area contributed by atoms with Gasteiger partial charge in [0, 0.05) is 18.4 Å². The zero-order valence-corrected chi connectivity index (χ0v) is 16.1. The summed E-state index contributed by atoms with van der Waals surface area (Å²) in [6.45, 7) is 7.73. The molecule has 27 heavy (non-hydrogen) atoms. The summed E-state index contributed by atoms with van der Waals surface area (Å²) in [5, 5.41) is 12.5. The highest BCUT2D eigenvalue weighted by Gasteiger charge is 2.41. The Kier molecular flexibility index (Phi) is 4.20. The van der Waals surface area contributed by atoms with Gasteiger partial charge in [-0.2, -0.15) is 10.1 Å². The first kappa shape index (κ1) is 17.6. The second kappa shape index (κ2) is 6.44. The summed E-state index contributed by atoms with van der Waals surface area (Å²) >= 11 is 0. The Morgan fingerprint density at radius 3 is 2.63 bits per heavy atom. The molecule has 0 aliphatic heterocycles. The van der Waals surface area contributed by atoms with Gasteiger partial charge in [0.05, 0.1) is 17.5 Å². The predicted octanol–water partition coefficient (Wildman–Crippen LogP) is 3.21. The third kappa shape index (κ3) is 2.98. The number of hydrogen-bond acceptors (Lipinski definition) is 6. The van der Waals surface area contributed by atoms with Crippen molar-refractivity contribution in [3.8, 4) is 0 Å². The van der Waals surface area contributed by atoms with Crippen LogP contribution in [0.5, 0.6) is 0 Å². The lowest BCUT2D eigenvalue weighted by Gasteiger charge is -2.27. The average Bonchev–Trinajstić information content (AvgIpc) is 3.33. The maximum absolute atomic E-state index is 13.1. The summed E-state index contributed by atoms with van der Waals surface area (Å²) in [4.78, 5) is 22.2. The summed E-state index contributed by atoms with van der Waals surface area (Å²) in [5.74, 6) is 0.902. The highest BCUT2D eigenvalue weighted by Crippen LogP contribution is 2.37. The van der Waals surface area contributed by atoms with Gasteiger partial charge in [-0.3, -0.25) is 4.79 Å². The maximum atomic E-state index is 13.1. The Balaban J connectivity index is 1.69. The molecule has 0 aromatic carbocycles. The molecule has 3 aromatic heterocycles. The van der Waals surface area contributed by atoms with E-state index in [9.17, 15) is 4.79 Å². The molecular formula is C19H24N6O2. The quantitative estimate of drug-likeness (QED) is 0.759. The van der Waals surface area contributed by atoms with Crippen molar-refractivity contribution in [2.24, 2.45) is 0 Å². The molecule has 1 aliphatic carbocycles. The summed E-state index contributed by atoms with van der Waals surface area (Å²) in [7, 11) is 0. The molecule has 4 rings (SSSR count). The van der Waals surface area contributed by atoms with Gasteiger partial charge in [-0.1, -0.05) is 18.0 Å². The number of hydrogen-bond donors (Lipinski definition) is 1. The van der Waals surface area contributed by atoms with Crippen LogP contribution in [0.4, 0.5) is 0 Å². The molecule has 0 unspecified atom stereocenters. The molecule has 0 atom stereocenters. The van der Waals surface area contributed by atoms with Crippen LogP contribution in [0.3, 0.4) is 0 Å². The normalized spacial score (nSPS) is 16.3. The average molecular weight is 368 g/mol. The van der Waals surface area contributed by atoms with E-state index < -0.39 is 5.54 Å². The number of pyridine rings is 1. The van der Waals surface area contributed by atoms with Crippen molar-refractivity contribution < 1.29 is 9.32 Å². The minimum absolute atomic E-state index is 0.163. The van der Waals surface area contributed by atoms with E-state index in [2.05, 4.69) is 39.4 Å². The summed E-state index contributed by atoms with van der Waals surface area (Å²) in [6, 6.07) is 2.07. The molecule has 0 bridgehead atoms. The summed E-state index contributed by atoms with van der Waals surface area (Å²) < 4.78 is 7.03. The van der Waals surface area contributed by atoms with Gasteiger partial charge in [0.1, 0.15) is 5.54 Å². The van der Waals surface area contributed by atoms with Crippen LogP contribution in [0, 0.1) is 13.8 Å². The van der Waals surface area contributed by atoms with Crippen LogP contribution in [0.2, 0.25) is 0 Å². The molecule has 8 nitrogen and oxygen atoms in total. The fourth-order valence-electron chi connectivity index (χ4n) is 3.83. The third-order valence-corrected chi connectivity index (χ3v) is 5.26. The van der Waals surface area contributed by atoms with Gasteiger partial charge in [-0.05, 0) is 39.7 Å². The molecular weight excluding hydrogens is 344 g/mol. The van der Waals surface area contributed by atoms with Gasteiger partial charge in [0.15, 0.2) is 11.5 Å². The van der Waals surface area contributed by atoms with Crippen LogP contribution in [0.15, 0.2) is 16.8 Å². The number of aromatic nitrogens is 5. The van der Waals surface area contributed by atoms with Crippen molar-refractivity contribution in [3.63, 3.8) is 0 Å². The monoisotopic (exact) mass is 368 g/mol. The molecule has 3 aromatic rings. The third-order valence-electron chi connectivity index (χ3n) is 5.26. The van der Waals surface area contributed by atoms with Crippen molar-refractivity contribution in [1.29, 1.82) is 0 Å². The first-order valence-electron chi connectivity index (χ1n) is 9.38. The number of amides is 1.